The first-order valence-corrected chi connectivity index (χ1v) is 8.63. The van der Waals surface area contributed by atoms with E-state index in [2.05, 4.69) is 43.3 Å². The fourth-order valence-corrected chi connectivity index (χ4v) is 3.17. The monoisotopic (exact) mass is 351 g/mol. The Kier molecular flexibility index (Phi) is 4.26. The number of likely N-dealkylation sites (N-methyl/N-ethyl adjacent to an activating group) is 1. The Bertz CT molecular complexity index is 929. The lowest BCUT2D eigenvalue weighted by Crippen LogP contribution is -2.44. The van der Waals surface area contributed by atoms with Crippen molar-refractivity contribution in [3.63, 3.8) is 0 Å². The van der Waals surface area contributed by atoms with E-state index in [0.29, 0.717) is 11.2 Å². The van der Waals surface area contributed by atoms with Crippen LogP contribution in [0, 0.1) is 6.92 Å². The largest absolute Gasteiger partial charge is 0.368 e. The minimum atomic E-state index is -0.272. The van der Waals surface area contributed by atoms with E-state index in [1.807, 2.05) is 13.0 Å². The average Bonchev–Trinajstić information content (AvgIpc) is 3.07. The van der Waals surface area contributed by atoms with Crippen molar-refractivity contribution in [1.29, 1.82) is 0 Å². The highest BCUT2D eigenvalue weighted by Crippen LogP contribution is 2.23. The number of piperazine rings is 1. The molecule has 3 aromatic heterocycles. The zero-order valence-corrected chi connectivity index (χ0v) is 14.9. The Morgan fingerprint density at radius 2 is 1.96 bits per heavy atom. The number of fused-ring (bicyclic) bond motifs is 1. The number of hydrogen-bond acceptors (Lipinski definition) is 6. The van der Waals surface area contributed by atoms with Crippen molar-refractivity contribution in [2.75, 3.05) is 43.4 Å². The lowest BCUT2D eigenvalue weighted by Gasteiger charge is -2.34. The second-order valence-electron chi connectivity index (χ2n) is 6.50. The van der Waals surface area contributed by atoms with Crippen LogP contribution in [0.1, 0.15) is 16.1 Å². The van der Waals surface area contributed by atoms with Gasteiger partial charge in [0.1, 0.15) is 0 Å². The van der Waals surface area contributed by atoms with E-state index in [9.17, 15) is 4.79 Å². The maximum atomic E-state index is 12.3. The van der Waals surface area contributed by atoms with Crippen molar-refractivity contribution in [1.82, 2.24) is 24.5 Å². The molecule has 26 heavy (non-hydrogen) atoms. The molecule has 0 radical (unpaired) electrons. The van der Waals surface area contributed by atoms with Gasteiger partial charge < -0.3 is 9.80 Å². The molecular formula is C18H21N7O. The predicted octanol–water partition coefficient (Wildman–Crippen LogP) is 1.44. The standard InChI is InChI=1S/C18H21N7O/c1-13-15(24-10-8-23(2)9-11-24)5-6-16-20-18(22-25(13)16)21-17(26)14-4-3-7-19-12-14/h3-7,12H,8-11H2,1-2H3,(H,21,22,26). The van der Waals surface area contributed by atoms with Crippen molar-refractivity contribution >= 4 is 23.2 Å². The first-order valence-electron chi connectivity index (χ1n) is 8.63. The normalized spacial score (nSPS) is 15.4. The number of nitrogens with zero attached hydrogens (tertiary/aromatic N) is 6. The van der Waals surface area contributed by atoms with Crippen LogP contribution in [0.2, 0.25) is 0 Å². The molecule has 134 valence electrons. The Morgan fingerprint density at radius 3 is 2.69 bits per heavy atom. The van der Waals surface area contributed by atoms with Crippen molar-refractivity contribution in [3.8, 4) is 0 Å². The van der Waals surface area contributed by atoms with Crippen LogP contribution in [0.5, 0.6) is 0 Å². The number of amides is 1. The van der Waals surface area contributed by atoms with Gasteiger partial charge in [-0.15, -0.1) is 5.10 Å². The minimum absolute atomic E-state index is 0.272. The summed E-state index contributed by atoms with van der Waals surface area (Å²) in [5, 5.41) is 7.20. The molecule has 1 fully saturated rings. The highest BCUT2D eigenvalue weighted by atomic mass is 16.1. The van der Waals surface area contributed by atoms with Crippen LogP contribution in [0.3, 0.4) is 0 Å². The highest BCUT2D eigenvalue weighted by molar-refractivity contribution is 6.03. The molecule has 8 heteroatoms. The summed E-state index contributed by atoms with van der Waals surface area (Å²) in [6.45, 7) is 6.09. The van der Waals surface area contributed by atoms with E-state index in [1.165, 1.54) is 6.20 Å². The predicted molar refractivity (Wildman–Crippen MR) is 99.6 cm³/mol. The topological polar surface area (TPSA) is 78.7 Å². The van der Waals surface area contributed by atoms with Crippen LogP contribution in [-0.4, -0.2) is 63.6 Å². The van der Waals surface area contributed by atoms with Gasteiger partial charge in [0, 0.05) is 38.6 Å². The molecule has 0 saturated carbocycles. The number of aryl methyl sites for hydroxylation is 1. The lowest BCUT2D eigenvalue weighted by molar-refractivity contribution is 0.102. The molecule has 0 spiro atoms. The third kappa shape index (κ3) is 3.11. The molecule has 1 amide bonds. The van der Waals surface area contributed by atoms with Crippen molar-refractivity contribution in [2.24, 2.45) is 0 Å². The molecular weight excluding hydrogens is 330 g/mol. The van der Waals surface area contributed by atoms with Gasteiger partial charge in [0.2, 0.25) is 5.95 Å². The molecule has 8 nitrogen and oxygen atoms in total. The minimum Gasteiger partial charge on any atom is -0.368 e. The molecule has 1 aliphatic heterocycles. The fraction of sp³-hybridized carbons (Fsp3) is 0.333. The van der Waals surface area contributed by atoms with E-state index in [-0.39, 0.29) is 11.9 Å². The summed E-state index contributed by atoms with van der Waals surface area (Å²) in [6, 6.07) is 7.44. The SMILES string of the molecule is Cc1c(N2CCN(C)CC2)ccc2nc(NC(=O)c3cccnc3)nn12. The number of anilines is 2. The van der Waals surface area contributed by atoms with Gasteiger partial charge >= 0.3 is 0 Å². The van der Waals surface area contributed by atoms with Gasteiger partial charge in [-0.05, 0) is 38.2 Å². The number of aromatic nitrogens is 4. The molecule has 1 saturated heterocycles. The van der Waals surface area contributed by atoms with Gasteiger partial charge in [-0.1, -0.05) is 0 Å². The molecule has 0 aliphatic carbocycles. The van der Waals surface area contributed by atoms with Gasteiger partial charge in [0.05, 0.1) is 16.9 Å². The summed E-state index contributed by atoms with van der Waals surface area (Å²) in [5.74, 6) is 0.0171. The molecule has 4 heterocycles. The van der Waals surface area contributed by atoms with Gasteiger partial charge in [-0.2, -0.15) is 4.98 Å². The van der Waals surface area contributed by atoms with Crippen molar-refractivity contribution in [3.05, 3.63) is 47.9 Å². The van der Waals surface area contributed by atoms with Gasteiger partial charge in [-0.25, -0.2) is 4.52 Å². The summed E-state index contributed by atoms with van der Waals surface area (Å²) >= 11 is 0. The molecule has 1 N–H and O–H groups in total. The van der Waals surface area contributed by atoms with Gasteiger partial charge in [0.15, 0.2) is 5.65 Å². The second kappa shape index (κ2) is 6.72. The van der Waals surface area contributed by atoms with Crippen molar-refractivity contribution < 1.29 is 4.79 Å². The average molecular weight is 351 g/mol. The Hall–Kier alpha value is -3.00. The van der Waals surface area contributed by atoms with Crippen molar-refractivity contribution in [2.45, 2.75) is 6.92 Å². The number of carbonyl (C=O) groups is 1. The van der Waals surface area contributed by atoms with E-state index in [1.54, 1.807) is 22.8 Å². The highest BCUT2D eigenvalue weighted by Gasteiger charge is 2.18. The van der Waals surface area contributed by atoms with Crippen LogP contribution in [0.15, 0.2) is 36.7 Å². The maximum Gasteiger partial charge on any atom is 0.259 e. The molecule has 0 bridgehead atoms. The zero-order chi connectivity index (χ0) is 18.1. The van der Waals surface area contributed by atoms with Crippen LogP contribution >= 0.6 is 0 Å². The molecule has 3 aromatic rings. The Balaban J connectivity index is 1.59. The summed E-state index contributed by atoms with van der Waals surface area (Å²) in [7, 11) is 2.14. The lowest BCUT2D eigenvalue weighted by atomic mass is 10.2. The quantitative estimate of drug-likeness (QED) is 0.769. The summed E-state index contributed by atoms with van der Waals surface area (Å²) < 4.78 is 1.78. The molecule has 4 rings (SSSR count). The number of pyridine rings is 2. The van der Waals surface area contributed by atoms with E-state index >= 15 is 0 Å². The van der Waals surface area contributed by atoms with E-state index < -0.39 is 0 Å². The van der Waals surface area contributed by atoms with Gasteiger partial charge in [0.25, 0.3) is 5.91 Å². The van der Waals surface area contributed by atoms with E-state index in [0.717, 1.165) is 37.6 Å². The van der Waals surface area contributed by atoms with Crippen LogP contribution in [0.4, 0.5) is 11.6 Å². The first-order chi connectivity index (χ1) is 12.6. The Labute approximate surface area is 151 Å². The maximum absolute atomic E-state index is 12.3. The molecule has 0 atom stereocenters. The number of hydrogen-bond donors (Lipinski definition) is 1. The summed E-state index contributed by atoms with van der Waals surface area (Å²) in [6.07, 6.45) is 3.14. The third-order valence-corrected chi connectivity index (χ3v) is 4.70. The number of rotatable bonds is 3. The molecule has 0 unspecified atom stereocenters. The number of carbonyl (C=O) groups excluding carboxylic acids is 1. The fourth-order valence-electron chi connectivity index (χ4n) is 3.17. The smallest absolute Gasteiger partial charge is 0.259 e. The first kappa shape index (κ1) is 16.5. The van der Waals surface area contributed by atoms with Crippen LogP contribution < -0.4 is 10.2 Å². The van der Waals surface area contributed by atoms with Gasteiger partial charge in [-0.3, -0.25) is 15.1 Å². The van der Waals surface area contributed by atoms with E-state index in [4.69, 9.17) is 0 Å². The second-order valence-corrected chi connectivity index (χ2v) is 6.50. The zero-order valence-electron chi connectivity index (χ0n) is 14.9. The summed E-state index contributed by atoms with van der Waals surface area (Å²) in [4.78, 5) is 25.3. The molecule has 1 aliphatic rings. The van der Waals surface area contributed by atoms with Crippen LogP contribution in [0.25, 0.3) is 5.65 Å². The number of nitrogens with one attached hydrogen (secondary N) is 1. The molecule has 0 aromatic carbocycles. The summed E-state index contributed by atoms with van der Waals surface area (Å²) in [5.41, 5.74) is 3.35. The third-order valence-electron chi connectivity index (χ3n) is 4.70. The Morgan fingerprint density at radius 1 is 1.15 bits per heavy atom. The van der Waals surface area contributed by atoms with Crippen LogP contribution in [-0.2, 0) is 0 Å².